The van der Waals surface area contributed by atoms with E-state index in [2.05, 4.69) is 48.5 Å². The smallest absolute Gasteiger partial charge is 0.251 e. The number of benzene rings is 2. The molecule has 4 heteroatoms. The number of aryl methyl sites for hydroxylation is 4. The van der Waals surface area contributed by atoms with Gasteiger partial charge in [-0.25, -0.2) is 0 Å². The second-order valence-electron chi connectivity index (χ2n) is 8.45. The van der Waals surface area contributed by atoms with Gasteiger partial charge in [0.1, 0.15) is 0 Å². The molecule has 1 aliphatic rings. The summed E-state index contributed by atoms with van der Waals surface area (Å²) in [4.78, 5) is 12.9. The number of aromatic nitrogens is 2. The first-order chi connectivity index (χ1) is 14.5. The summed E-state index contributed by atoms with van der Waals surface area (Å²) in [6, 6.07) is 16.7. The highest BCUT2D eigenvalue weighted by atomic mass is 16.1. The van der Waals surface area contributed by atoms with Crippen LogP contribution >= 0.6 is 0 Å². The molecule has 1 aliphatic carbocycles. The SMILES string of the molecule is CC[C@H](NC(=O)c1ccc(Cn2nc(C)cc2C)cc1)c1ccc2c(c1)CCCC2. The van der Waals surface area contributed by atoms with Gasteiger partial charge in [0, 0.05) is 11.3 Å². The van der Waals surface area contributed by atoms with Gasteiger partial charge in [-0.05, 0) is 86.4 Å². The van der Waals surface area contributed by atoms with E-state index in [-0.39, 0.29) is 11.9 Å². The summed E-state index contributed by atoms with van der Waals surface area (Å²) in [6.07, 6.45) is 5.77. The van der Waals surface area contributed by atoms with Gasteiger partial charge >= 0.3 is 0 Å². The van der Waals surface area contributed by atoms with Crippen molar-refractivity contribution in [1.82, 2.24) is 15.1 Å². The lowest BCUT2D eigenvalue weighted by Gasteiger charge is -2.22. The second-order valence-corrected chi connectivity index (χ2v) is 8.45. The molecule has 0 spiro atoms. The maximum absolute atomic E-state index is 12.9. The fourth-order valence-corrected chi connectivity index (χ4v) is 4.40. The minimum atomic E-state index is -0.0164. The lowest BCUT2D eigenvalue weighted by molar-refractivity contribution is 0.0935. The van der Waals surface area contributed by atoms with Crippen LogP contribution in [0.15, 0.2) is 48.5 Å². The van der Waals surface area contributed by atoms with E-state index < -0.39 is 0 Å². The molecule has 0 unspecified atom stereocenters. The standard InChI is InChI=1S/C26H31N3O/c1-4-25(24-14-13-21-7-5-6-8-23(21)16-24)27-26(30)22-11-9-20(10-12-22)17-29-19(3)15-18(2)28-29/h9-16,25H,4-8,17H2,1-3H3,(H,27,30)/t25-/m0/s1. The van der Waals surface area contributed by atoms with E-state index in [1.165, 1.54) is 36.0 Å². The van der Waals surface area contributed by atoms with Gasteiger partial charge < -0.3 is 5.32 Å². The van der Waals surface area contributed by atoms with Gasteiger partial charge in [-0.3, -0.25) is 9.48 Å². The molecule has 4 nitrogen and oxygen atoms in total. The zero-order chi connectivity index (χ0) is 21.1. The van der Waals surface area contributed by atoms with Gasteiger partial charge in [0.2, 0.25) is 0 Å². The zero-order valence-corrected chi connectivity index (χ0v) is 18.2. The van der Waals surface area contributed by atoms with E-state index in [0.717, 1.165) is 29.8 Å². The summed E-state index contributed by atoms with van der Waals surface area (Å²) in [7, 11) is 0. The van der Waals surface area contributed by atoms with E-state index >= 15 is 0 Å². The lowest BCUT2D eigenvalue weighted by atomic mass is 9.88. The summed E-state index contributed by atoms with van der Waals surface area (Å²) < 4.78 is 1.99. The van der Waals surface area contributed by atoms with Crippen molar-refractivity contribution in [1.29, 1.82) is 0 Å². The Morgan fingerprint density at radius 3 is 2.43 bits per heavy atom. The molecule has 0 fully saturated rings. The van der Waals surface area contributed by atoms with Crippen LogP contribution in [-0.2, 0) is 19.4 Å². The maximum Gasteiger partial charge on any atom is 0.251 e. The monoisotopic (exact) mass is 401 g/mol. The van der Waals surface area contributed by atoms with E-state index in [1.54, 1.807) is 0 Å². The van der Waals surface area contributed by atoms with Gasteiger partial charge in [-0.15, -0.1) is 0 Å². The number of hydrogen-bond acceptors (Lipinski definition) is 2. The van der Waals surface area contributed by atoms with Crippen molar-refractivity contribution >= 4 is 5.91 Å². The number of amides is 1. The quantitative estimate of drug-likeness (QED) is 0.609. The number of nitrogens with zero attached hydrogens (tertiary/aromatic N) is 2. The molecule has 3 aromatic rings. The number of carbonyl (C=O) groups excluding carboxylic acids is 1. The first-order valence-corrected chi connectivity index (χ1v) is 11.1. The summed E-state index contributed by atoms with van der Waals surface area (Å²) >= 11 is 0. The molecule has 156 valence electrons. The van der Waals surface area contributed by atoms with Crippen LogP contribution in [0.5, 0.6) is 0 Å². The zero-order valence-electron chi connectivity index (χ0n) is 18.2. The molecule has 0 saturated carbocycles. The molecule has 1 N–H and O–H groups in total. The summed E-state index contributed by atoms with van der Waals surface area (Å²) in [5.74, 6) is -0.0164. The Morgan fingerprint density at radius 2 is 1.77 bits per heavy atom. The van der Waals surface area contributed by atoms with Gasteiger partial charge in [-0.1, -0.05) is 37.3 Å². The molecule has 4 rings (SSSR count). The third-order valence-corrected chi connectivity index (χ3v) is 6.14. The largest absolute Gasteiger partial charge is 0.345 e. The van der Waals surface area contributed by atoms with Crippen LogP contribution < -0.4 is 5.32 Å². The van der Waals surface area contributed by atoms with Gasteiger partial charge in [0.15, 0.2) is 0 Å². The molecule has 30 heavy (non-hydrogen) atoms. The highest BCUT2D eigenvalue weighted by molar-refractivity contribution is 5.94. The molecule has 1 heterocycles. The topological polar surface area (TPSA) is 46.9 Å². The van der Waals surface area contributed by atoms with Crippen LogP contribution in [0.25, 0.3) is 0 Å². The summed E-state index contributed by atoms with van der Waals surface area (Å²) in [5, 5.41) is 7.75. The van der Waals surface area contributed by atoms with Crippen LogP contribution in [0.4, 0.5) is 0 Å². The third-order valence-electron chi connectivity index (χ3n) is 6.14. The van der Waals surface area contributed by atoms with Crippen molar-refractivity contribution in [3.63, 3.8) is 0 Å². The fraction of sp³-hybridized carbons (Fsp3) is 0.385. The molecule has 1 aromatic heterocycles. The number of carbonyl (C=O) groups is 1. The molecular weight excluding hydrogens is 370 g/mol. The van der Waals surface area contributed by atoms with Crippen molar-refractivity contribution in [3.05, 3.63) is 87.7 Å². The van der Waals surface area contributed by atoms with Crippen LogP contribution in [0.3, 0.4) is 0 Å². The molecule has 1 atom stereocenters. The molecule has 0 radical (unpaired) electrons. The normalized spacial score (nSPS) is 14.2. The second kappa shape index (κ2) is 8.86. The van der Waals surface area contributed by atoms with E-state index in [1.807, 2.05) is 35.9 Å². The number of nitrogens with one attached hydrogen (secondary N) is 1. The number of hydrogen-bond donors (Lipinski definition) is 1. The third kappa shape index (κ3) is 4.48. The van der Waals surface area contributed by atoms with Crippen LogP contribution in [0.1, 0.15) is 76.2 Å². The van der Waals surface area contributed by atoms with Crippen LogP contribution in [0.2, 0.25) is 0 Å². The van der Waals surface area contributed by atoms with E-state index in [0.29, 0.717) is 12.1 Å². The highest BCUT2D eigenvalue weighted by Gasteiger charge is 2.17. The average Bonchev–Trinajstić information content (AvgIpc) is 3.08. The van der Waals surface area contributed by atoms with Crippen molar-refractivity contribution in [2.24, 2.45) is 0 Å². The molecule has 0 saturated heterocycles. The van der Waals surface area contributed by atoms with E-state index in [9.17, 15) is 4.79 Å². The minimum Gasteiger partial charge on any atom is -0.345 e. The fourth-order valence-electron chi connectivity index (χ4n) is 4.40. The Labute approximate surface area is 179 Å². The Hall–Kier alpha value is -2.88. The van der Waals surface area contributed by atoms with Gasteiger partial charge in [-0.2, -0.15) is 5.10 Å². The van der Waals surface area contributed by atoms with Crippen molar-refractivity contribution in [2.45, 2.75) is 65.5 Å². The number of rotatable bonds is 6. The Balaban J connectivity index is 1.44. The Morgan fingerprint density at radius 1 is 1.03 bits per heavy atom. The first-order valence-electron chi connectivity index (χ1n) is 11.1. The molecular formula is C26H31N3O. The molecule has 1 amide bonds. The summed E-state index contributed by atoms with van der Waals surface area (Å²) in [5.41, 5.74) is 8.15. The first kappa shape index (κ1) is 20.4. The minimum absolute atomic E-state index is 0.0164. The molecule has 0 aliphatic heterocycles. The molecule has 0 bridgehead atoms. The average molecular weight is 402 g/mol. The lowest BCUT2D eigenvalue weighted by Crippen LogP contribution is -2.28. The van der Waals surface area contributed by atoms with Crippen molar-refractivity contribution < 1.29 is 4.79 Å². The predicted octanol–water partition coefficient (Wildman–Crippen LogP) is 5.31. The van der Waals surface area contributed by atoms with E-state index in [4.69, 9.17) is 0 Å². The highest BCUT2D eigenvalue weighted by Crippen LogP contribution is 2.26. The van der Waals surface area contributed by atoms with Crippen LogP contribution in [-0.4, -0.2) is 15.7 Å². The Bertz CT molecular complexity index is 1030. The van der Waals surface area contributed by atoms with Crippen molar-refractivity contribution in [2.75, 3.05) is 0 Å². The number of fused-ring (bicyclic) bond motifs is 1. The van der Waals surface area contributed by atoms with Gasteiger partial charge in [0.05, 0.1) is 18.3 Å². The summed E-state index contributed by atoms with van der Waals surface area (Å²) in [6.45, 7) is 6.91. The maximum atomic E-state index is 12.9. The van der Waals surface area contributed by atoms with Gasteiger partial charge in [0.25, 0.3) is 5.91 Å². The van der Waals surface area contributed by atoms with Crippen LogP contribution in [0, 0.1) is 13.8 Å². The Kier molecular flexibility index (Phi) is 6.03. The predicted molar refractivity (Wildman–Crippen MR) is 121 cm³/mol. The molecule has 2 aromatic carbocycles. The van der Waals surface area contributed by atoms with Crippen molar-refractivity contribution in [3.8, 4) is 0 Å².